The van der Waals surface area contributed by atoms with Gasteiger partial charge in [-0.25, -0.2) is 4.39 Å². The molecular weight excluding hydrogens is 391 g/mol. The first kappa shape index (κ1) is 24.4. The number of carbonyl (C=O) groups is 1. The lowest BCUT2D eigenvalue weighted by Crippen LogP contribution is -2.46. The molecule has 1 aromatic carbocycles. The summed E-state index contributed by atoms with van der Waals surface area (Å²) in [6, 6.07) is 10.1. The second-order valence-corrected chi connectivity index (χ2v) is 8.84. The SMILES string of the molecule is C/C(=C\C(=N[C@H](C)CC(=O)N(C)CC(C)(C)N)c1ccncc1)Cc1ccc(F)cc1. The highest BCUT2D eigenvalue weighted by Crippen LogP contribution is 2.13. The topological polar surface area (TPSA) is 71.6 Å². The molecule has 0 unspecified atom stereocenters. The van der Waals surface area contributed by atoms with Crippen LogP contribution >= 0.6 is 0 Å². The monoisotopic (exact) mass is 424 g/mol. The summed E-state index contributed by atoms with van der Waals surface area (Å²) in [5.41, 5.74) is 9.43. The van der Waals surface area contributed by atoms with E-state index >= 15 is 0 Å². The van der Waals surface area contributed by atoms with Crippen molar-refractivity contribution >= 4 is 11.6 Å². The van der Waals surface area contributed by atoms with Crippen molar-refractivity contribution in [2.45, 2.75) is 52.1 Å². The van der Waals surface area contributed by atoms with Crippen molar-refractivity contribution < 1.29 is 9.18 Å². The summed E-state index contributed by atoms with van der Waals surface area (Å²) >= 11 is 0. The molecule has 0 aliphatic carbocycles. The van der Waals surface area contributed by atoms with Gasteiger partial charge < -0.3 is 10.6 Å². The van der Waals surface area contributed by atoms with Gasteiger partial charge in [0.25, 0.3) is 0 Å². The number of hydrogen-bond donors (Lipinski definition) is 1. The molecule has 0 spiro atoms. The van der Waals surface area contributed by atoms with Gasteiger partial charge in [-0.3, -0.25) is 14.8 Å². The zero-order valence-corrected chi connectivity index (χ0v) is 19.1. The Bertz CT molecular complexity index is 915. The minimum atomic E-state index is -0.445. The number of hydrogen-bond acceptors (Lipinski definition) is 4. The van der Waals surface area contributed by atoms with E-state index in [1.54, 1.807) is 36.5 Å². The first-order valence-corrected chi connectivity index (χ1v) is 10.5. The molecule has 2 rings (SSSR count). The fourth-order valence-corrected chi connectivity index (χ4v) is 3.32. The Hall–Kier alpha value is -2.86. The Kier molecular flexibility index (Phi) is 8.63. The predicted molar refractivity (Wildman–Crippen MR) is 125 cm³/mol. The van der Waals surface area contributed by atoms with Crippen molar-refractivity contribution in [1.82, 2.24) is 9.88 Å². The van der Waals surface area contributed by atoms with Crippen LogP contribution in [-0.4, -0.2) is 46.7 Å². The Balaban J connectivity index is 2.20. The molecule has 0 bridgehead atoms. The summed E-state index contributed by atoms with van der Waals surface area (Å²) in [5.74, 6) is -0.234. The van der Waals surface area contributed by atoms with Crippen LogP contribution in [0.25, 0.3) is 0 Å². The van der Waals surface area contributed by atoms with Crippen LogP contribution in [0.5, 0.6) is 0 Å². The standard InChI is InChI=1S/C25H33FN4O/c1-18(14-20-6-8-22(26)9-7-20)15-23(21-10-12-28-13-11-21)29-19(2)16-24(31)30(5)17-25(3,4)27/h6-13,15,19H,14,16-17,27H2,1-5H3/b18-15+,29-23?/t19-/m1/s1. The molecule has 2 aromatic rings. The van der Waals surface area contributed by atoms with Crippen molar-refractivity contribution in [3.8, 4) is 0 Å². The Labute approximate surface area is 184 Å². The van der Waals surface area contributed by atoms with E-state index in [1.807, 2.05) is 45.9 Å². The van der Waals surface area contributed by atoms with E-state index in [4.69, 9.17) is 10.7 Å². The molecule has 0 saturated carbocycles. The summed E-state index contributed by atoms with van der Waals surface area (Å²) in [5, 5.41) is 0. The average Bonchev–Trinajstić information content (AvgIpc) is 2.68. The summed E-state index contributed by atoms with van der Waals surface area (Å²) in [6.07, 6.45) is 6.45. The first-order valence-electron chi connectivity index (χ1n) is 10.5. The minimum Gasteiger partial charge on any atom is -0.344 e. The van der Waals surface area contributed by atoms with E-state index < -0.39 is 5.54 Å². The molecule has 0 radical (unpaired) electrons. The molecule has 6 heteroatoms. The normalized spacial score (nSPS) is 13.8. The van der Waals surface area contributed by atoms with E-state index in [0.29, 0.717) is 19.4 Å². The first-order chi connectivity index (χ1) is 14.5. The number of rotatable bonds is 9. The Morgan fingerprint density at radius 1 is 1.23 bits per heavy atom. The number of aromatic nitrogens is 1. The fourth-order valence-electron chi connectivity index (χ4n) is 3.32. The van der Waals surface area contributed by atoms with Gasteiger partial charge in [-0.1, -0.05) is 17.7 Å². The molecule has 2 N–H and O–H groups in total. The van der Waals surface area contributed by atoms with Crippen LogP contribution in [0.15, 0.2) is 65.4 Å². The minimum absolute atomic E-state index is 0.0101. The number of nitrogens with zero attached hydrogens (tertiary/aromatic N) is 3. The van der Waals surface area contributed by atoms with Crippen molar-refractivity contribution in [2.24, 2.45) is 10.7 Å². The number of carbonyl (C=O) groups excluding carboxylic acids is 1. The third kappa shape index (κ3) is 8.80. The zero-order chi connectivity index (χ0) is 23.0. The highest BCUT2D eigenvalue weighted by molar-refractivity contribution is 6.09. The number of nitrogens with two attached hydrogens (primary N) is 1. The summed E-state index contributed by atoms with van der Waals surface area (Å²) in [4.78, 5) is 23.2. The second kappa shape index (κ2) is 11.0. The average molecular weight is 425 g/mol. The molecule has 0 fully saturated rings. The van der Waals surface area contributed by atoms with E-state index in [2.05, 4.69) is 4.98 Å². The molecule has 1 atom stereocenters. The number of allylic oxidation sites excluding steroid dienone is 2. The summed E-state index contributed by atoms with van der Waals surface area (Å²) < 4.78 is 13.2. The molecule has 31 heavy (non-hydrogen) atoms. The summed E-state index contributed by atoms with van der Waals surface area (Å²) in [6.45, 7) is 8.23. The Morgan fingerprint density at radius 3 is 2.42 bits per heavy atom. The van der Waals surface area contributed by atoms with Gasteiger partial charge in [0.05, 0.1) is 11.8 Å². The molecule has 1 aromatic heterocycles. The van der Waals surface area contributed by atoms with Gasteiger partial charge in [0.1, 0.15) is 5.82 Å². The number of aliphatic imine (C=N–C) groups is 1. The molecule has 5 nitrogen and oxygen atoms in total. The third-order valence-electron chi connectivity index (χ3n) is 4.66. The van der Waals surface area contributed by atoms with Crippen LogP contribution in [0.4, 0.5) is 4.39 Å². The largest absolute Gasteiger partial charge is 0.344 e. The maximum atomic E-state index is 13.2. The van der Waals surface area contributed by atoms with E-state index in [-0.39, 0.29) is 17.8 Å². The molecule has 166 valence electrons. The lowest BCUT2D eigenvalue weighted by molar-refractivity contribution is -0.130. The van der Waals surface area contributed by atoms with Crippen molar-refractivity contribution in [3.05, 3.63) is 77.4 Å². The number of amides is 1. The molecule has 1 heterocycles. The number of benzene rings is 1. The van der Waals surface area contributed by atoms with Crippen LogP contribution in [0, 0.1) is 5.82 Å². The van der Waals surface area contributed by atoms with Crippen molar-refractivity contribution in [2.75, 3.05) is 13.6 Å². The molecule has 0 aliphatic heterocycles. The Morgan fingerprint density at radius 2 is 1.84 bits per heavy atom. The predicted octanol–water partition coefficient (Wildman–Crippen LogP) is 4.17. The highest BCUT2D eigenvalue weighted by Gasteiger charge is 2.19. The smallest absolute Gasteiger partial charge is 0.224 e. The number of pyridine rings is 1. The van der Waals surface area contributed by atoms with Gasteiger partial charge in [0.15, 0.2) is 0 Å². The van der Waals surface area contributed by atoms with Crippen LogP contribution in [-0.2, 0) is 11.2 Å². The van der Waals surface area contributed by atoms with E-state index in [0.717, 1.165) is 22.4 Å². The van der Waals surface area contributed by atoms with Crippen LogP contribution in [0.1, 0.15) is 45.2 Å². The quantitative estimate of drug-likeness (QED) is 0.614. The van der Waals surface area contributed by atoms with Gasteiger partial charge in [-0.05, 0) is 70.0 Å². The second-order valence-electron chi connectivity index (χ2n) is 8.84. The number of halogens is 1. The maximum Gasteiger partial charge on any atom is 0.224 e. The highest BCUT2D eigenvalue weighted by atomic mass is 19.1. The molecule has 0 saturated heterocycles. The molecule has 1 amide bonds. The van der Waals surface area contributed by atoms with Gasteiger partial charge >= 0.3 is 0 Å². The third-order valence-corrected chi connectivity index (χ3v) is 4.66. The summed E-state index contributed by atoms with van der Waals surface area (Å²) in [7, 11) is 1.77. The van der Waals surface area contributed by atoms with Crippen LogP contribution in [0.2, 0.25) is 0 Å². The van der Waals surface area contributed by atoms with Gasteiger partial charge in [0.2, 0.25) is 5.91 Å². The fraction of sp³-hybridized carbons (Fsp3) is 0.400. The molecular formula is C25H33FN4O. The van der Waals surface area contributed by atoms with Gasteiger partial charge in [-0.2, -0.15) is 0 Å². The zero-order valence-electron chi connectivity index (χ0n) is 19.1. The van der Waals surface area contributed by atoms with E-state index in [9.17, 15) is 9.18 Å². The van der Waals surface area contributed by atoms with Crippen molar-refractivity contribution in [3.63, 3.8) is 0 Å². The van der Waals surface area contributed by atoms with Crippen LogP contribution < -0.4 is 5.73 Å². The van der Waals surface area contributed by atoms with Crippen molar-refractivity contribution in [1.29, 1.82) is 0 Å². The maximum absolute atomic E-state index is 13.2. The molecule has 0 aliphatic rings. The van der Waals surface area contributed by atoms with E-state index in [1.165, 1.54) is 12.1 Å². The van der Waals surface area contributed by atoms with Gasteiger partial charge in [0, 0.05) is 43.5 Å². The lowest BCUT2D eigenvalue weighted by Gasteiger charge is -2.27. The lowest BCUT2D eigenvalue weighted by atomic mass is 10.0. The van der Waals surface area contributed by atoms with Gasteiger partial charge in [-0.15, -0.1) is 0 Å². The number of likely N-dealkylation sites (N-methyl/N-ethyl adjacent to an activating group) is 1. The van der Waals surface area contributed by atoms with Crippen LogP contribution in [0.3, 0.4) is 0 Å².